The molecule has 2 aromatic carbocycles. The van der Waals surface area contributed by atoms with E-state index in [2.05, 4.69) is 37.5 Å². The molecule has 2 aromatic rings. The highest BCUT2D eigenvalue weighted by atomic mass is 79.9. The maximum absolute atomic E-state index is 14.0. The summed E-state index contributed by atoms with van der Waals surface area (Å²) < 4.78 is 15.0. The first-order chi connectivity index (χ1) is 17.3. The molecule has 2 heterocycles. The van der Waals surface area contributed by atoms with E-state index in [1.54, 1.807) is 6.07 Å². The molecule has 2 aliphatic heterocycles. The van der Waals surface area contributed by atoms with Crippen LogP contribution in [0, 0.1) is 11.7 Å². The summed E-state index contributed by atoms with van der Waals surface area (Å²) >= 11 is 3.68. The molecule has 4 N–H and O–H groups in total. The van der Waals surface area contributed by atoms with E-state index in [9.17, 15) is 18.8 Å². The number of nitrogens with zero attached hydrogens (tertiary/aromatic N) is 1. The summed E-state index contributed by atoms with van der Waals surface area (Å²) in [5, 5.41) is 5.72. The zero-order valence-electron chi connectivity index (χ0n) is 20.2. The van der Waals surface area contributed by atoms with E-state index >= 15 is 0 Å². The summed E-state index contributed by atoms with van der Waals surface area (Å²) in [7, 11) is 0. The van der Waals surface area contributed by atoms with Crippen LogP contribution in [0.5, 0.6) is 0 Å². The molecule has 7 nitrogen and oxygen atoms in total. The van der Waals surface area contributed by atoms with Crippen molar-refractivity contribution >= 4 is 39.3 Å². The summed E-state index contributed by atoms with van der Waals surface area (Å²) in [4.78, 5) is 37.1. The molecule has 1 atom stereocenters. The average Bonchev–Trinajstić information content (AvgIpc) is 2.84. The fourth-order valence-corrected chi connectivity index (χ4v) is 5.60. The number of rotatable bonds is 9. The van der Waals surface area contributed by atoms with Crippen LogP contribution >= 0.6 is 15.9 Å². The molecule has 0 spiro atoms. The molecule has 2 fully saturated rings. The fourth-order valence-electron chi connectivity index (χ4n) is 5.10. The van der Waals surface area contributed by atoms with Crippen molar-refractivity contribution in [1.29, 1.82) is 0 Å². The number of anilines is 1. The first-order valence-corrected chi connectivity index (χ1v) is 13.3. The minimum atomic E-state index is -0.744. The quantitative estimate of drug-likeness (QED) is 0.406. The highest BCUT2D eigenvalue weighted by molar-refractivity contribution is 9.10. The van der Waals surface area contributed by atoms with Crippen LogP contribution < -0.4 is 21.3 Å². The van der Waals surface area contributed by atoms with E-state index < -0.39 is 11.7 Å². The molecule has 2 aliphatic rings. The van der Waals surface area contributed by atoms with Gasteiger partial charge in [-0.3, -0.25) is 19.7 Å². The van der Waals surface area contributed by atoms with Crippen molar-refractivity contribution in [1.82, 2.24) is 10.6 Å². The van der Waals surface area contributed by atoms with Crippen molar-refractivity contribution < 1.29 is 18.8 Å². The standard InChI is InChI=1S/C27H32BrFN4O3/c28-21-5-2-6-24(20(21)16-31-23-9-10-25(34)32-27(23)36)33-13-11-17(12-14-33)3-1-4-18-7-8-19(26(30)35)22(29)15-18/h2,5-8,15,17,23,31H,1,3-4,9-14,16H2,(H2,30,35)(H,32,34,36). The maximum atomic E-state index is 14.0. The molecule has 36 heavy (non-hydrogen) atoms. The minimum absolute atomic E-state index is 0.0645. The summed E-state index contributed by atoms with van der Waals surface area (Å²) in [5.41, 5.74) is 8.27. The number of primary amides is 1. The Bertz CT molecular complexity index is 1130. The second kappa shape index (κ2) is 12.0. The predicted octanol–water partition coefficient (Wildman–Crippen LogP) is 3.82. The van der Waals surface area contributed by atoms with Crippen LogP contribution in [0.25, 0.3) is 0 Å². The first-order valence-electron chi connectivity index (χ1n) is 12.5. The molecule has 0 radical (unpaired) electrons. The Morgan fingerprint density at radius 3 is 2.64 bits per heavy atom. The molecular weight excluding hydrogens is 527 g/mol. The Hall–Kier alpha value is -2.78. The number of hydrogen-bond acceptors (Lipinski definition) is 5. The monoisotopic (exact) mass is 558 g/mol. The smallest absolute Gasteiger partial charge is 0.251 e. The van der Waals surface area contributed by atoms with Crippen LogP contribution in [-0.2, 0) is 22.6 Å². The number of piperidine rings is 2. The topological polar surface area (TPSA) is 105 Å². The van der Waals surface area contributed by atoms with Gasteiger partial charge in [0.15, 0.2) is 0 Å². The summed E-state index contributed by atoms with van der Waals surface area (Å²) in [6, 6.07) is 10.5. The maximum Gasteiger partial charge on any atom is 0.251 e. The minimum Gasteiger partial charge on any atom is -0.371 e. The number of carbonyl (C=O) groups excluding carboxylic acids is 3. The van der Waals surface area contributed by atoms with Crippen LogP contribution in [0.15, 0.2) is 40.9 Å². The van der Waals surface area contributed by atoms with Gasteiger partial charge in [-0.05, 0) is 74.3 Å². The zero-order chi connectivity index (χ0) is 25.7. The molecule has 0 saturated carbocycles. The van der Waals surface area contributed by atoms with E-state index in [0.29, 0.717) is 25.3 Å². The third kappa shape index (κ3) is 6.50. The van der Waals surface area contributed by atoms with Crippen molar-refractivity contribution in [2.45, 2.75) is 57.5 Å². The SMILES string of the molecule is NC(=O)c1ccc(CCCC2CCN(c3cccc(Br)c3CNC3CCC(=O)NC3=O)CC2)cc1F. The molecule has 0 bridgehead atoms. The van der Waals surface area contributed by atoms with Crippen LogP contribution in [0.2, 0.25) is 0 Å². The lowest BCUT2D eigenvalue weighted by Gasteiger charge is -2.35. The van der Waals surface area contributed by atoms with Gasteiger partial charge < -0.3 is 16.0 Å². The van der Waals surface area contributed by atoms with Gasteiger partial charge in [0.25, 0.3) is 5.91 Å². The summed E-state index contributed by atoms with van der Waals surface area (Å²) in [6.07, 6.45) is 5.86. The van der Waals surface area contributed by atoms with E-state index in [1.165, 1.54) is 12.1 Å². The third-order valence-electron chi connectivity index (χ3n) is 7.19. The van der Waals surface area contributed by atoms with E-state index in [4.69, 9.17) is 5.73 Å². The second-order valence-corrected chi connectivity index (χ2v) is 10.5. The Morgan fingerprint density at radius 1 is 1.17 bits per heavy atom. The lowest BCUT2D eigenvalue weighted by atomic mass is 9.90. The van der Waals surface area contributed by atoms with Crippen molar-refractivity contribution in [3.63, 3.8) is 0 Å². The Morgan fingerprint density at radius 2 is 1.94 bits per heavy atom. The van der Waals surface area contributed by atoms with Crippen molar-refractivity contribution in [3.05, 3.63) is 63.4 Å². The average molecular weight is 559 g/mol. The highest BCUT2D eigenvalue weighted by Crippen LogP contribution is 2.32. The van der Waals surface area contributed by atoms with Crippen LogP contribution in [0.1, 0.15) is 60.0 Å². The largest absolute Gasteiger partial charge is 0.371 e. The lowest BCUT2D eigenvalue weighted by molar-refractivity contribution is -0.134. The number of carbonyl (C=O) groups is 3. The molecule has 9 heteroatoms. The van der Waals surface area contributed by atoms with Crippen LogP contribution in [0.4, 0.5) is 10.1 Å². The number of amides is 3. The van der Waals surface area contributed by atoms with E-state index in [-0.39, 0.29) is 23.4 Å². The van der Waals surface area contributed by atoms with Gasteiger partial charge in [-0.2, -0.15) is 0 Å². The molecule has 3 amide bonds. The number of nitrogens with one attached hydrogen (secondary N) is 2. The van der Waals surface area contributed by atoms with Gasteiger partial charge in [-0.25, -0.2) is 4.39 Å². The normalized spacial score (nSPS) is 18.8. The second-order valence-electron chi connectivity index (χ2n) is 9.62. The Kier molecular flexibility index (Phi) is 8.74. The molecule has 2 saturated heterocycles. The summed E-state index contributed by atoms with van der Waals surface area (Å²) in [5.74, 6) is -1.15. The van der Waals surface area contributed by atoms with E-state index in [0.717, 1.165) is 66.5 Å². The van der Waals surface area contributed by atoms with Crippen molar-refractivity contribution in [3.8, 4) is 0 Å². The zero-order valence-corrected chi connectivity index (χ0v) is 21.8. The highest BCUT2D eigenvalue weighted by Gasteiger charge is 2.27. The number of imide groups is 1. The molecule has 0 aliphatic carbocycles. The molecule has 1 unspecified atom stereocenters. The van der Waals surface area contributed by atoms with Crippen molar-refractivity contribution in [2.75, 3.05) is 18.0 Å². The van der Waals surface area contributed by atoms with Crippen LogP contribution in [-0.4, -0.2) is 36.9 Å². The van der Waals surface area contributed by atoms with Gasteiger partial charge in [0, 0.05) is 41.8 Å². The Balaban J connectivity index is 1.28. The predicted molar refractivity (Wildman–Crippen MR) is 140 cm³/mol. The summed E-state index contributed by atoms with van der Waals surface area (Å²) in [6.45, 7) is 2.44. The number of hydrogen-bond donors (Lipinski definition) is 3. The molecule has 4 rings (SSSR count). The van der Waals surface area contributed by atoms with Gasteiger partial charge in [0.2, 0.25) is 11.8 Å². The van der Waals surface area contributed by atoms with Gasteiger partial charge in [0.05, 0.1) is 11.6 Å². The number of aryl methyl sites for hydroxylation is 1. The fraction of sp³-hybridized carbons (Fsp3) is 0.444. The number of halogens is 2. The third-order valence-corrected chi connectivity index (χ3v) is 7.93. The Labute approximate surface area is 219 Å². The van der Waals surface area contributed by atoms with Gasteiger partial charge in [-0.15, -0.1) is 0 Å². The van der Waals surface area contributed by atoms with Gasteiger partial charge in [0.1, 0.15) is 5.82 Å². The molecule has 0 aromatic heterocycles. The first kappa shape index (κ1) is 26.3. The van der Waals surface area contributed by atoms with E-state index in [1.807, 2.05) is 12.1 Å². The number of benzene rings is 2. The van der Waals surface area contributed by atoms with Crippen LogP contribution in [0.3, 0.4) is 0 Å². The van der Waals surface area contributed by atoms with Gasteiger partial charge in [-0.1, -0.05) is 28.1 Å². The lowest BCUT2D eigenvalue weighted by Crippen LogP contribution is -2.50. The van der Waals surface area contributed by atoms with Gasteiger partial charge >= 0.3 is 0 Å². The molecule has 192 valence electrons. The van der Waals surface area contributed by atoms with Crippen molar-refractivity contribution in [2.24, 2.45) is 11.7 Å². The number of nitrogens with two attached hydrogens (primary N) is 1. The molecular formula is C27H32BrFN4O3.